The Labute approximate surface area is 179 Å². The third kappa shape index (κ3) is 5.18. The quantitative estimate of drug-likeness (QED) is 0.713. The molecule has 2 aromatic rings. The molecule has 4 rings (SSSR count). The van der Waals surface area contributed by atoms with Gasteiger partial charge in [-0.25, -0.2) is 9.18 Å². The molecular weight excluding hydrogens is 403 g/mol. The molecular formula is C22H23FN4O4. The summed E-state index contributed by atoms with van der Waals surface area (Å²) >= 11 is 0. The standard InChI is InChI=1S/C22H23FN4O4/c23-19-13-17(2-3-20(19)26-9-11-30-12-10-26)27-15-18(31-22(27)29)14-25-21(28)4-1-16-5-7-24-8-6-16/h1-8,13,18H,9-12,14-15H2,(H,25,28)/b4-1+/t18-/m0/s1. The molecule has 0 spiro atoms. The van der Waals surface area contributed by atoms with Crippen LogP contribution in [-0.2, 0) is 14.3 Å². The first-order valence-corrected chi connectivity index (χ1v) is 10.1. The molecule has 2 amide bonds. The van der Waals surface area contributed by atoms with E-state index in [4.69, 9.17) is 9.47 Å². The van der Waals surface area contributed by atoms with Crippen LogP contribution in [0.4, 0.5) is 20.6 Å². The van der Waals surface area contributed by atoms with Crippen molar-refractivity contribution >= 4 is 29.5 Å². The number of nitrogens with zero attached hydrogens (tertiary/aromatic N) is 3. The summed E-state index contributed by atoms with van der Waals surface area (Å²) in [5, 5.41) is 2.71. The van der Waals surface area contributed by atoms with E-state index >= 15 is 0 Å². The number of cyclic esters (lactones) is 1. The lowest BCUT2D eigenvalue weighted by atomic mass is 10.2. The van der Waals surface area contributed by atoms with Crippen LogP contribution in [0, 0.1) is 5.82 Å². The number of rotatable bonds is 6. The van der Waals surface area contributed by atoms with E-state index in [2.05, 4.69) is 10.3 Å². The Hall–Kier alpha value is -3.46. The lowest BCUT2D eigenvalue weighted by Crippen LogP contribution is -2.36. The minimum Gasteiger partial charge on any atom is -0.442 e. The first-order valence-electron chi connectivity index (χ1n) is 10.1. The van der Waals surface area contributed by atoms with Crippen LogP contribution in [0.3, 0.4) is 0 Å². The number of hydrogen-bond acceptors (Lipinski definition) is 6. The molecule has 1 aromatic carbocycles. The zero-order valence-electron chi connectivity index (χ0n) is 16.9. The molecule has 2 fully saturated rings. The van der Waals surface area contributed by atoms with E-state index in [0.717, 1.165) is 5.56 Å². The number of amides is 2. The highest BCUT2D eigenvalue weighted by Crippen LogP contribution is 2.28. The molecule has 162 valence electrons. The number of benzene rings is 1. The van der Waals surface area contributed by atoms with E-state index in [9.17, 15) is 14.0 Å². The highest BCUT2D eigenvalue weighted by molar-refractivity contribution is 5.92. The van der Waals surface area contributed by atoms with Gasteiger partial charge in [-0.15, -0.1) is 0 Å². The third-order valence-electron chi connectivity index (χ3n) is 5.11. The summed E-state index contributed by atoms with van der Waals surface area (Å²) in [6.45, 7) is 2.76. The van der Waals surface area contributed by atoms with E-state index in [-0.39, 0.29) is 19.0 Å². The second kappa shape index (κ2) is 9.57. The number of morpholine rings is 1. The van der Waals surface area contributed by atoms with Crippen molar-refractivity contribution in [1.82, 2.24) is 10.3 Å². The van der Waals surface area contributed by atoms with Crippen molar-refractivity contribution in [3.63, 3.8) is 0 Å². The molecule has 2 aliphatic rings. The normalized spacial score (nSPS) is 19.0. The van der Waals surface area contributed by atoms with Gasteiger partial charge in [-0.1, -0.05) is 0 Å². The van der Waals surface area contributed by atoms with Gasteiger partial charge in [0.05, 0.1) is 37.7 Å². The molecule has 2 aliphatic heterocycles. The fourth-order valence-corrected chi connectivity index (χ4v) is 3.48. The molecule has 1 atom stereocenters. The Morgan fingerprint density at radius 2 is 2.00 bits per heavy atom. The van der Waals surface area contributed by atoms with Gasteiger partial charge in [0.1, 0.15) is 11.9 Å². The minimum atomic E-state index is -0.565. The number of carbonyl (C=O) groups is 2. The predicted molar refractivity (Wildman–Crippen MR) is 113 cm³/mol. The predicted octanol–water partition coefficient (Wildman–Crippen LogP) is 2.21. The molecule has 1 N–H and O–H groups in total. The van der Waals surface area contributed by atoms with Crippen molar-refractivity contribution in [2.24, 2.45) is 0 Å². The van der Waals surface area contributed by atoms with Crippen LogP contribution in [0.25, 0.3) is 6.08 Å². The maximum atomic E-state index is 14.7. The minimum absolute atomic E-state index is 0.163. The number of anilines is 2. The summed E-state index contributed by atoms with van der Waals surface area (Å²) in [6, 6.07) is 8.27. The first kappa shape index (κ1) is 20.8. The van der Waals surface area contributed by atoms with Gasteiger partial charge in [0, 0.05) is 31.6 Å². The van der Waals surface area contributed by atoms with Gasteiger partial charge in [-0.2, -0.15) is 0 Å². The molecule has 31 heavy (non-hydrogen) atoms. The molecule has 8 nitrogen and oxygen atoms in total. The SMILES string of the molecule is O=C(/C=C/c1ccncc1)NC[C@H]1CN(c2ccc(N3CCOCC3)c(F)c2)C(=O)O1. The van der Waals surface area contributed by atoms with Crippen LogP contribution in [0.1, 0.15) is 5.56 Å². The number of halogens is 1. The molecule has 1 aromatic heterocycles. The van der Waals surface area contributed by atoms with Gasteiger partial charge >= 0.3 is 6.09 Å². The van der Waals surface area contributed by atoms with Crippen molar-refractivity contribution in [1.29, 1.82) is 0 Å². The molecule has 0 saturated carbocycles. The monoisotopic (exact) mass is 426 g/mol. The Kier molecular flexibility index (Phi) is 6.42. The van der Waals surface area contributed by atoms with Crippen LogP contribution in [-0.4, -0.2) is 62.5 Å². The highest BCUT2D eigenvalue weighted by Gasteiger charge is 2.33. The largest absolute Gasteiger partial charge is 0.442 e. The van der Waals surface area contributed by atoms with E-state index in [1.54, 1.807) is 42.7 Å². The molecule has 2 saturated heterocycles. The smallest absolute Gasteiger partial charge is 0.414 e. The number of pyridine rings is 1. The zero-order chi connectivity index (χ0) is 21.6. The van der Waals surface area contributed by atoms with Crippen molar-refractivity contribution in [2.75, 3.05) is 49.2 Å². The van der Waals surface area contributed by atoms with Crippen molar-refractivity contribution in [2.45, 2.75) is 6.10 Å². The Bertz CT molecular complexity index is 963. The van der Waals surface area contributed by atoms with Gasteiger partial charge in [-0.05, 0) is 42.0 Å². The van der Waals surface area contributed by atoms with Crippen LogP contribution in [0.5, 0.6) is 0 Å². The average Bonchev–Trinajstić information content (AvgIpc) is 3.18. The first-order chi connectivity index (χ1) is 15.1. The number of aromatic nitrogens is 1. The molecule has 9 heteroatoms. The number of hydrogen-bond donors (Lipinski definition) is 1. The third-order valence-corrected chi connectivity index (χ3v) is 5.11. The second-order valence-corrected chi connectivity index (χ2v) is 7.21. The summed E-state index contributed by atoms with van der Waals surface area (Å²) in [5.41, 5.74) is 1.77. The fourth-order valence-electron chi connectivity index (χ4n) is 3.48. The van der Waals surface area contributed by atoms with Crippen molar-refractivity contribution in [3.8, 4) is 0 Å². The summed E-state index contributed by atoms with van der Waals surface area (Å²) in [5.74, 6) is -0.697. The molecule has 0 aliphatic carbocycles. The van der Waals surface area contributed by atoms with Crippen LogP contribution < -0.4 is 15.1 Å². The Morgan fingerprint density at radius 1 is 1.23 bits per heavy atom. The number of carbonyl (C=O) groups excluding carboxylic acids is 2. The highest BCUT2D eigenvalue weighted by atomic mass is 19.1. The van der Waals surface area contributed by atoms with E-state index in [1.165, 1.54) is 17.0 Å². The van der Waals surface area contributed by atoms with Crippen molar-refractivity contribution < 1.29 is 23.5 Å². The average molecular weight is 426 g/mol. The maximum absolute atomic E-state index is 14.7. The maximum Gasteiger partial charge on any atom is 0.414 e. The van der Waals surface area contributed by atoms with Crippen LogP contribution in [0.15, 0.2) is 48.8 Å². The summed E-state index contributed by atoms with van der Waals surface area (Å²) in [6.07, 6.45) is 5.27. The van der Waals surface area contributed by atoms with Gasteiger partial charge in [0.2, 0.25) is 5.91 Å². The van der Waals surface area contributed by atoms with Crippen LogP contribution in [0.2, 0.25) is 0 Å². The fraction of sp³-hybridized carbons (Fsp3) is 0.318. The van der Waals surface area contributed by atoms with E-state index in [1.807, 2.05) is 4.90 Å². The van der Waals surface area contributed by atoms with Gasteiger partial charge in [0.15, 0.2) is 0 Å². The molecule has 0 bridgehead atoms. The summed E-state index contributed by atoms with van der Waals surface area (Å²) in [7, 11) is 0. The topological polar surface area (TPSA) is 84.0 Å². The van der Waals surface area contributed by atoms with Gasteiger partial charge in [-0.3, -0.25) is 14.7 Å². The lowest BCUT2D eigenvalue weighted by Gasteiger charge is -2.29. The van der Waals surface area contributed by atoms with Crippen LogP contribution >= 0.6 is 0 Å². The second-order valence-electron chi connectivity index (χ2n) is 7.21. The lowest BCUT2D eigenvalue weighted by molar-refractivity contribution is -0.116. The van der Waals surface area contributed by atoms with Gasteiger partial charge < -0.3 is 19.7 Å². The molecule has 0 unspecified atom stereocenters. The van der Waals surface area contributed by atoms with E-state index in [0.29, 0.717) is 37.7 Å². The van der Waals surface area contributed by atoms with Gasteiger partial charge in [0.25, 0.3) is 0 Å². The van der Waals surface area contributed by atoms with Crippen molar-refractivity contribution in [3.05, 3.63) is 60.2 Å². The Balaban J connectivity index is 1.32. The molecule has 0 radical (unpaired) electrons. The summed E-state index contributed by atoms with van der Waals surface area (Å²) in [4.78, 5) is 31.5. The Morgan fingerprint density at radius 3 is 2.74 bits per heavy atom. The summed E-state index contributed by atoms with van der Waals surface area (Å²) < 4.78 is 25.3. The zero-order valence-corrected chi connectivity index (χ0v) is 16.9. The number of nitrogens with one attached hydrogen (secondary N) is 1. The number of ether oxygens (including phenoxy) is 2. The molecule has 3 heterocycles. The van der Waals surface area contributed by atoms with E-state index < -0.39 is 18.0 Å².